The fourth-order valence-corrected chi connectivity index (χ4v) is 8.78. The van der Waals surface area contributed by atoms with E-state index in [9.17, 15) is 4.79 Å². The Morgan fingerprint density at radius 2 is 1.31 bits per heavy atom. The Hall–Kier alpha value is -2.42. The number of hydrogen-bond acceptors (Lipinski definition) is 2. The molecular formula is C29H32N2O. The molecule has 1 unspecified atom stereocenters. The van der Waals surface area contributed by atoms with Crippen LogP contribution in [0.25, 0.3) is 0 Å². The van der Waals surface area contributed by atoms with Crippen LogP contribution in [0.15, 0.2) is 53.6 Å². The van der Waals surface area contributed by atoms with Crippen LogP contribution in [0.2, 0.25) is 0 Å². The predicted octanol–water partition coefficient (Wildman–Crippen LogP) is 5.99. The molecule has 3 nitrogen and oxygen atoms in total. The summed E-state index contributed by atoms with van der Waals surface area (Å²) in [4.78, 5) is 13.4. The Labute approximate surface area is 190 Å². The lowest BCUT2D eigenvalue weighted by atomic mass is 9.49. The number of fused-ring (bicyclic) bond motifs is 1. The van der Waals surface area contributed by atoms with Crippen LogP contribution in [0.4, 0.5) is 0 Å². The summed E-state index contributed by atoms with van der Waals surface area (Å²) < 4.78 is 0. The van der Waals surface area contributed by atoms with E-state index < -0.39 is 0 Å². The summed E-state index contributed by atoms with van der Waals surface area (Å²) in [7, 11) is 0. The molecule has 0 aliphatic heterocycles. The van der Waals surface area contributed by atoms with E-state index in [-0.39, 0.29) is 11.3 Å². The van der Waals surface area contributed by atoms with Crippen molar-refractivity contribution in [2.24, 2.45) is 34.2 Å². The molecule has 1 atom stereocenters. The van der Waals surface area contributed by atoms with E-state index in [4.69, 9.17) is 5.10 Å². The number of benzene rings is 2. The topological polar surface area (TPSA) is 41.5 Å². The van der Waals surface area contributed by atoms with E-state index in [0.717, 1.165) is 49.1 Å². The number of hydrogen-bond donors (Lipinski definition) is 1. The van der Waals surface area contributed by atoms with E-state index >= 15 is 0 Å². The van der Waals surface area contributed by atoms with Gasteiger partial charge in [-0.25, -0.2) is 5.43 Å². The zero-order chi connectivity index (χ0) is 21.4. The van der Waals surface area contributed by atoms with Gasteiger partial charge in [-0.1, -0.05) is 48.5 Å². The van der Waals surface area contributed by atoms with E-state index in [0.29, 0.717) is 17.8 Å². The zero-order valence-electron chi connectivity index (χ0n) is 18.9. The van der Waals surface area contributed by atoms with Gasteiger partial charge < -0.3 is 0 Å². The largest absolute Gasteiger partial charge is 0.273 e. The quantitative estimate of drug-likeness (QED) is 0.477. The monoisotopic (exact) mass is 424 g/mol. The number of amides is 1. The first kappa shape index (κ1) is 19.1. The summed E-state index contributed by atoms with van der Waals surface area (Å²) in [6, 6.07) is 17.9. The van der Waals surface area contributed by atoms with Gasteiger partial charge in [0, 0.05) is 23.5 Å². The second-order valence-electron chi connectivity index (χ2n) is 11.5. The molecule has 1 amide bonds. The average Bonchev–Trinajstić information content (AvgIpc) is 2.81. The summed E-state index contributed by atoms with van der Waals surface area (Å²) in [5.41, 5.74) is 9.92. The maximum atomic E-state index is 13.4. The molecule has 9 rings (SSSR count). The summed E-state index contributed by atoms with van der Waals surface area (Å²) in [6.07, 6.45) is 8.44. The van der Waals surface area contributed by atoms with Gasteiger partial charge in [-0.05, 0) is 91.9 Å². The molecule has 0 saturated heterocycles. The Morgan fingerprint density at radius 1 is 0.812 bits per heavy atom. The van der Waals surface area contributed by atoms with Crippen molar-refractivity contribution in [2.45, 2.75) is 63.7 Å². The van der Waals surface area contributed by atoms with E-state index in [2.05, 4.69) is 60.9 Å². The van der Waals surface area contributed by atoms with Gasteiger partial charge in [-0.2, -0.15) is 5.10 Å². The highest BCUT2D eigenvalue weighted by molar-refractivity contribution is 5.90. The average molecular weight is 425 g/mol. The lowest BCUT2D eigenvalue weighted by Crippen LogP contribution is -2.53. The highest BCUT2D eigenvalue weighted by Gasteiger charge is 2.54. The van der Waals surface area contributed by atoms with Crippen LogP contribution in [-0.2, 0) is 4.79 Å². The van der Waals surface area contributed by atoms with Gasteiger partial charge in [-0.3, -0.25) is 4.79 Å². The van der Waals surface area contributed by atoms with Crippen LogP contribution < -0.4 is 5.43 Å². The Morgan fingerprint density at radius 3 is 1.84 bits per heavy atom. The second-order valence-corrected chi connectivity index (χ2v) is 11.5. The number of nitrogens with one attached hydrogen (secondary N) is 1. The van der Waals surface area contributed by atoms with Gasteiger partial charge in [-0.15, -0.1) is 0 Å². The highest BCUT2D eigenvalue weighted by Crippen LogP contribution is 2.60. The van der Waals surface area contributed by atoms with Gasteiger partial charge >= 0.3 is 0 Å². The lowest BCUT2D eigenvalue weighted by molar-refractivity contribution is -0.146. The minimum absolute atomic E-state index is 0.136. The third-order valence-electron chi connectivity index (χ3n) is 9.70. The first-order valence-corrected chi connectivity index (χ1v) is 12.6. The molecule has 7 aliphatic rings. The van der Waals surface area contributed by atoms with Crippen molar-refractivity contribution in [3.8, 4) is 0 Å². The van der Waals surface area contributed by atoms with Crippen molar-refractivity contribution < 1.29 is 4.79 Å². The summed E-state index contributed by atoms with van der Waals surface area (Å²) in [5.74, 6) is 3.66. The minimum Gasteiger partial charge on any atom is -0.273 e. The standard InChI is InChI=1S/C29H32N2O/c1-17(30-31-28(32)29-14-18-10-19(15-29)12-20(11-18)16-29)25-13-26-21-6-2-4-8-23(21)27(25)24-9-5-3-7-22(24)26/h2-9,18-20,25-27H,10-16H2,1H3,(H,31,32)/b30-17-. The molecule has 0 aromatic heterocycles. The van der Waals surface area contributed by atoms with Gasteiger partial charge in [0.2, 0.25) is 5.91 Å². The molecule has 4 fully saturated rings. The van der Waals surface area contributed by atoms with E-state index in [1.165, 1.54) is 41.5 Å². The maximum absolute atomic E-state index is 13.4. The number of hydrazone groups is 1. The third-order valence-corrected chi connectivity index (χ3v) is 9.70. The SMILES string of the molecule is C/C(=N/NC(=O)C12CC3CC(CC(C3)C1)C2)C1CC2c3ccccc3C1c1ccccc12. The molecule has 164 valence electrons. The summed E-state index contributed by atoms with van der Waals surface area (Å²) >= 11 is 0. The molecule has 7 aliphatic carbocycles. The molecule has 0 spiro atoms. The fourth-order valence-electron chi connectivity index (χ4n) is 8.78. The minimum atomic E-state index is -0.136. The molecule has 2 aromatic carbocycles. The Bertz CT molecular complexity index is 1050. The van der Waals surface area contributed by atoms with E-state index in [1.807, 2.05) is 0 Å². The maximum Gasteiger partial charge on any atom is 0.246 e. The molecule has 4 saturated carbocycles. The summed E-state index contributed by atoms with van der Waals surface area (Å²) in [6.45, 7) is 2.14. The normalized spacial score (nSPS) is 38.3. The van der Waals surface area contributed by atoms with Crippen LogP contribution in [-0.4, -0.2) is 11.6 Å². The molecule has 2 aromatic rings. The fraction of sp³-hybridized carbons (Fsp3) is 0.517. The zero-order valence-corrected chi connectivity index (χ0v) is 18.9. The molecule has 32 heavy (non-hydrogen) atoms. The van der Waals surface area contributed by atoms with Gasteiger partial charge in [0.25, 0.3) is 0 Å². The first-order chi connectivity index (χ1) is 15.6. The Kier molecular flexibility index (Phi) is 4.05. The van der Waals surface area contributed by atoms with Gasteiger partial charge in [0.1, 0.15) is 0 Å². The summed E-state index contributed by atoms with van der Waals surface area (Å²) in [5, 5.41) is 4.79. The van der Waals surface area contributed by atoms with Crippen molar-refractivity contribution in [2.75, 3.05) is 0 Å². The van der Waals surface area contributed by atoms with Crippen LogP contribution >= 0.6 is 0 Å². The van der Waals surface area contributed by atoms with Crippen LogP contribution in [0.3, 0.4) is 0 Å². The Balaban J connectivity index is 1.17. The number of carbonyl (C=O) groups excluding carboxylic acids is 1. The number of nitrogens with zero attached hydrogens (tertiary/aromatic N) is 1. The van der Waals surface area contributed by atoms with Crippen LogP contribution in [0.1, 0.15) is 86.0 Å². The van der Waals surface area contributed by atoms with Crippen molar-refractivity contribution in [3.63, 3.8) is 0 Å². The first-order valence-electron chi connectivity index (χ1n) is 12.6. The van der Waals surface area contributed by atoms with E-state index in [1.54, 1.807) is 0 Å². The predicted molar refractivity (Wildman–Crippen MR) is 127 cm³/mol. The van der Waals surface area contributed by atoms with Crippen molar-refractivity contribution >= 4 is 11.6 Å². The lowest BCUT2D eigenvalue weighted by Gasteiger charge is -2.55. The van der Waals surface area contributed by atoms with Crippen molar-refractivity contribution in [3.05, 3.63) is 70.8 Å². The van der Waals surface area contributed by atoms with Crippen LogP contribution in [0.5, 0.6) is 0 Å². The van der Waals surface area contributed by atoms with Crippen LogP contribution in [0, 0.1) is 29.1 Å². The second kappa shape index (κ2) is 6.79. The molecule has 0 heterocycles. The molecule has 3 heteroatoms. The molecular weight excluding hydrogens is 392 g/mol. The highest BCUT2D eigenvalue weighted by atomic mass is 16.2. The third kappa shape index (κ3) is 2.66. The number of carbonyl (C=O) groups is 1. The smallest absolute Gasteiger partial charge is 0.246 e. The molecule has 1 N–H and O–H groups in total. The van der Waals surface area contributed by atoms with Crippen molar-refractivity contribution in [1.29, 1.82) is 0 Å². The van der Waals surface area contributed by atoms with Crippen molar-refractivity contribution in [1.82, 2.24) is 5.43 Å². The van der Waals surface area contributed by atoms with Gasteiger partial charge in [0.15, 0.2) is 0 Å². The molecule has 6 bridgehead atoms. The molecule has 0 radical (unpaired) electrons. The number of rotatable bonds is 3. The van der Waals surface area contributed by atoms with Gasteiger partial charge in [0.05, 0.1) is 5.41 Å².